The third-order valence-corrected chi connectivity index (χ3v) is 4.53. The smallest absolute Gasteiger partial charge is 0.242 e. The molecule has 18 heavy (non-hydrogen) atoms. The third-order valence-electron chi connectivity index (χ3n) is 3.39. The van der Waals surface area contributed by atoms with Crippen molar-refractivity contribution < 1.29 is 4.74 Å². The largest absolute Gasteiger partial charge is 0.479 e. The van der Waals surface area contributed by atoms with Crippen molar-refractivity contribution in [3.8, 4) is 5.88 Å². The molecule has 0 radical (unpaired) electrons. The van der Waals surface area contributed by atoms with E-state index < -0.39 is 0 Å². The van der Waals surface area contributed by atoms with Gasteiger partial charge in [-0.15, -0.1) is 0 Å². The third kappa shape index (κ3) is 2.98. The van der Waals surface area contributed by atoms with Gasteiger partial charge in [0.2, 0.25) is 5.88 Å². The fourth-order valence-electron chi connectivity index (χ4n) is 2.29. The van der Waals surface area contributed by atoms with E-state index >= 15 is 0 Å². The maximum absolute atomic E-state index is 5.95. The number of anilines is 2. The summed E-state index contributed by atoms with van der Waals surface area (Å²) in [7, 11) is 1.56. The van der Waals surface area contributed by atoms with Gasteiger partial charge in [-0.25, -0.2) is 4.98 Å². The maximum Gasteiger partial charge on any atom is 0.242 e. The van der Waals surface area contributed by atoms with Crippen LogP contribution in [0.2, 0.25) is 0 Å². The molecule has 1 heterocycles. The van der Waals surface area contributed by atoms with Gasteiger partial charge in [0.05, 0.1) is 7.11 Å². The minimum Gasteiger partial charge on any atom is -0.479 e. The Balaban J connectivity index is 1.98. The van der Waals surface area contributed by atoms with E-state index in [1.807, 2.05) is 11.8 Å². The van der Waals surface area contributed by atoms with Crippen LogP contribution >= 0.6 is 11.8 Å². The molecule has 100 valence electrons. The molecule has 1 aliphatic rings. The van der Waals surface area contributed by atoms with E-state index in [1.165, 1.54) is 19.2 Å². The Bertz CT molecular complexity index is 394. The van der Waals surface area contributed by atoms with Crippen molar-refractivity contribution in [3.63, 3.8) is 0 Å². The van der Waals surface area contributed by atoms with Crippen molar-refractivity contribution in [2.45, 2.75) is 37.0 Å². The van der Waals surface area contributed by atoms with Gasteiger partial charge in [-0.1, -0.05) is 0 Å². The molecule has 0 aliphatic heterocycles. The first-order valence-electron chi connectivity index (χ1n) is 6.18. The van der Waals surface area contributed by atoms with Crippen molar-refractivity contribution >= 4 is 23.3 Å². The molecule has 2 rings (SSSR count). The van der Waals surface area contributed by atoms with Gasteiger partial charge in [0.25, 0.3) is 0 Å². The van der Waals surface area contributed by atoms with Crippen molar-refractivity contribution in [3.05, 3.63) is 6.33 Å². The van der Waals surface area contributed by atoms with Crippen LogP contribution in [0, 0.1) is 0 Å². The number of nitrogens with one attached hydrogen (secondary N) is 1. The number of aromatic nitrogens is 2. The molecule has 0 unspecified atom stereocenters. The van der Waals surface area contributed by atoms with Crippen LogP contribution in [0.4, 0.5) is 11.5 Å². The Morgan fingerprint density at radius 1 is 1.33 bits per heavy atom. The van der Waals surface area contributed by atoms with Gasteiger partial charge in [-0.3, -0.25) is 0 Å². The number of ether oxygens (including phenoxy) is 1. The normalized spacial score (nSPS) is 23.7. The highest BCUT2D eigenvalue weighted by atomic mass is 32.2. The molecule has 0 bridgehead atoms. The first-order valence-corrected chi connectivity index (χ1v) is 7.47. The van der Waals surface area contributed by atoms with E-state index in [4.69, 9.17) is 10.5 Å². The van der Waals surface area contributed by atoms with E-state index in [0.29, 0.717) is 23.4 Å². The van der Waals surface area contributed by atoms with Gasteiger partial charge >= 0.3 is 0 Å². The van der Waals surface area contributed by atoms with E-state index in [-0.39, 0.29) is 0 Å². The first-order chi connectivity index (χ1) is 8.74. The number of nitrogen functional groups attached to an aromatic ring is 1. The zero-order chi connectivity index (χ0) is 13.0. The highest BCUT2D eigenvalue weighted by Gasteiger charge is 2.21. The van der Waals surface area contributed by atoms with Gasteiger partial charge in [-0.05, 0) is 31.9 Å². The lowest BCUT2D eigenvalue weighted by molar-refractivity contribution is 0.399. The molecular formula is C12H20N4OS. The highest BCUT2D eigenvalue weighted by Crippen LogP contribution is 2.30. The summed E-state index contributed by atoms with van der Waals surface area (Å²) in [5, 5.41) is 4.21. The fourth-order valence-corrected chi connectivity index (χ4v) is 3.04. The zero-order valence-electron chi connectivity index (χ0n) is 10.8. The lowest BCUT2D eigenvalue weighted by Crippen LogP contribution is -2.27. The fraction of sp³-hybridized carbons (Fsp3) is 0.667. The molecule has 0 saturated heterocycles. The van der Waals surface area contributed by atoms with Gasteiger partial charge in [0.1, 0.15) is 12.0 Å². The SMILES string of the molecule is COc1ncnc(NC2CCC(SC)CC2)c1N. The van der Waals surface area contributed by atoms with Crippen LogP contribution in [-0.4, -0.2) is 34.6 Å². The summed E-state index contributed by atoms with van der Waals surface area (Å²) in [6.07, 6.45) is 8.49. The van der Waals surface area contributed by atoms with Gasteiger partial charge in [0.15, 0.2) is 5.82 Å². The zero-order valence-corrected chi connectivity index (χ0v) is 11.7. The van der Waals surface area contributed by atoms with E-state index in [0.717, 1.165) is 18.1 Å². The summed E-state index contributed by atoms with van der Waals surface area (Å²) < 4.78 is 5.09. The molecule has 0 aromatic carbocycles. The minimum atomic E-state index is 0.435. The molecular weight excluding hydrogens is 248 g/mol. The molecule has 3 N–H and O–H groups in total. The topological polar surface area (TPSA) is 73.1 Å². The van der Waals surface area contributed by atoms with Crippen molar-refractivity contribution in [2.75, 3.05) is 24.4 Å². The second kappa shape index (κ2) is 6.13. The van der Waals surface area contributed by atoms with E-state index in [2.05, 4.69) is 21.5 Å². The van der Waals surface area contributed by atoms with Crippen molar-refractivity contribution in [2.24, 2.45) is 0 Å². The van der Waals surface area contributed by atoms with Crippen LogP contribution in [0.15, 0.2) is 6.33 Å². The molecule has 1 aromatic rings. The standard InChI is InChI=1S/C12H20N4OS/c1-17-12-10(13)11(14-7-15-12)16-8-3-5-9(18-2)6-4-8/h7-9H,3-6,13H2,1-2H3,(H,14,15,16). The summed E-state index contributed by atoms with van der Waals surface area (Å²) in [5.74, 6) is 1.12. The molecule has 0 amide bonds. The number of hydrogen-bond donors (Lipinski definition) is 2. The number of nitrogens with zero attached hydrogens (tertiary/aromatic N) is 2. The van der Waals surface area contributed by atoms with Crippen LogP contribution in [0.25, 0.3) is 0 Å². The minimum absolute atomic E-state index is 0.435. The second-order valence-electron chi connectivity index (χ2n) is 4.50. The molecule has 1 saturated carbocycles. The lowest BCUT2D eigenvalue weighted by atomic mass is 9.95. The van der Waals surface area contributed by atoms with Gasteiger partial charge in [-0.2, -0.15) is 16.7 Å². The molecule has 1 aliphatic carbocycles. The summed E-state index contributed by atoms with van der Waals surface area (Å²) in [4.78, 5) is 8.16. The molecule has 5 nitrogen and oxygen atoms in total. The molecule has 1 aromatic heterocycles. The molecule has 6 heteroatoms. The molecule has 0 spiro atoms. The summed E-state index contributed by atoms with van der Waals surface area (Å²) in [6, 6.07) is 0.454. The van der Waals surface area contributed by atoms with Gasteiger partial charge < -0.3 is 15.8 Å². The van der Waals surface area contributed by atoms with Gasteiger partial charge in [0, 0.05) is 11.3 Å². The second-order valence-corrected chi connectivity index (χ2v) is 5.64. The van der Waals surface area contributed by atoms with Crippen molar-refractivity contribution in [1.82, 2.24) is 9.97 Å². The Labute approximate surface area is 112 Å². The summed E-state index contributed by atoms with van der Waals surface area (Å²) in [5.41, 5.74) is 6.44. The Hall–Kier alpha value is -1.17. The Morgan fingerprint density at radius 3 is 2.67 bits per heavy atom. The van der Waals surface area contributed by atoms with Crippen LogP contribution in [0.1, 0.15) is 25.7 Å². The Kier molecular flexibility index (Phi) is 4.52. The van der Waals surface area contributed by atoms with Crippen LogP contribution in [-0.2, 0) is 0 Å². The van der Waals surface area contributed by atoms with E-state index in [9.17, 15) is 0 Å². The average molecular weight is 268 g/mol. The number of rotatable bonds is 4. The van der Waals surface area contributed by atoms with Crippen molar-refractivity contribution in [1.29, 1.82) is 0 Å². The van der Waals surface area contributed by atoms with E-state index in [1.54, 1.807) is 7.11 Å². The lowest BCUT2D eigenvalue weighted by Gasteiger charge is -2.28. The summed E-state index contributed by atoms with van der Waals surface area (Å²) in [6.45, 7) is 0. The quantitative estimate of drug-likeness (QED) is 0.871. The average Bonchev–Trinajstić information content (AvgIpc) is 2.42. The van der Waals surface area contributed by atoms with Crippen LogP contribution in [0.3, 0.4) is 0 Å². The number of nitrogens with two attached hydrogens (primary N) is 1. The summed E-state index contributed by atoms with van der Waals surface area (Å²) >= 11 is 1.97. The maximum atomic E-state index is 5.95. The van der Waals surface area contributed by atoms with Crippen LogP contribution in [0.5, 0.6) is 5.88 Å². The molecule has 1 fully saturated rings. The predicted octanol–water partition coefficient (Wildman–Crippen LogP) is 2.15. The van der Waals surface area contributed by atoms with Crippen LogP contribution < -0.4 is 15.8 Å². The molecule has 0 atom stereocenters. The first kappa shape index (κ1) is 13.3. The number of hydrogen-bond acceptors (Lipinski definition) is 6. The predicted molar refractivity (Wildman–Crippen MR) is 76.2 cm³/mol. The number of methoxy groups -OCH3 is 1. The number of thioether (sulfide) groups is 1. The monoisotopic (exact) mass is 268 g/mol. The Morgan fingerprint density at radius 2 is 2.06 bits per heavy atom. The highest BCUT2D eigenvalue weighted by molar-refractivity contribution is 7.99.